The first-order valence-electron chi connectivity index (χ1n) is 5.57. The van der Waals surface area contributed by atoms with Crippen LogP contribution < -0.4 is 21.1 Å². The van der Waals surface area contributed by atoms with E-state index in [0.717, 1.165) is 0 Å². The number of amides is 2. The fourth-order valence-electron chi connectivity index (χ4n) is 1.39. The number of carbonyl (C=O) groups is 2. The number of ether oxygens (including phenoxy) is 1. The number of rotatable bonds is 6. The lowest BCUT2D eigenvalue weighted by Gasteiger charge is -2.11. The summed E-state index contributed by atoms with van der Waals surface area (Å²) in [4.78, 5) is 22.6. The van der Waals surface area contributed by atoms with Gasteiger partial charge in [-0.15, -0.1) is 0 Å². The van der Waals surface area contributed by atoms with Crippen molar-refractivity contribution in [2.24, 2.45) is 5.73 Å². The lowest BCUT2D eigenvalue weighted by Crippen LogP contribution is -2.28. The molecule has 6 nitrogen and oxygen atoms in total. The van der Waals surface area contributed by atoms with E-state index in [2.05, 4.69) is 10.6 Å². The predicted molar refractivity (Wildman–Crippen MR) is 68.7 cm³/mol. The number of methoxy groups -OCH3 is 1. The number of anilines is 1. The Morgan fingerprint density at radius 2 is 2.11 bits per heavy atom. The summed E-state index contributed by atoms with van der Waals surface area (Å²) >= 11 is 0. The van der Waals surface area contributed by atoms with Gasteiger partial charge in [0.25, 0.3) is 0 Å². The second-order valence-corrected chi connectivity index (χ2v) is 3.61. The molecule has 1 rings (SSSR count). The van der Waals surface area contributed by atoms with Crippen LogP contribution in [0.15, 0.2) is 18.2 Å². The van der Waals surface area contributed by atoms with Crippen molar-refractivity contribution in [1.29, 1.82) is 0 Å². The van der Waals surface area contributed by atoms with Gasteiger partial charge in [-0.1, -0.05) is 6.92 Å². The van der Waals surface area contributed by atoms with Crippen molar-refractivity contribution in [3.63, 3.8) is 0 Å². The molecule has 0 aliphatic heterocycles. The summed E-state index contributed by atoms with van der Waals surface area (Å²) in [6.07, 6.45) is 0. The second-order valence-electron chi connectivity index (χ2n) is 3.61. The number of hydrogen-bond acceptors (Lipinski definition) is 4. The molecular formula is C12H17N3O3. The molecule has 18 heavy (non-hydrogen) atoms. The van der Waals surface area contributed by atoms with Crippen LogP contribution in [0.2, 0.25) is 0 Å². The minimum absolute atomic E-state index is 0.195. The van der Waals surface area contributed by atoms with Crippen molar-refractivity contribution in [2.75, 3.05) is 25.5 Å². The third-order valence-corrected chi connectivity index (χ3v) is 2.29. The number of benzene rings is 1. The maximum atomic E-state index is 11.6. The van der Waals surface area contributed by atoms with E-state index in [1.165, 1.54) is 13.2 Å². The van der Waals surface area contributed by atoms with Crippen LogP contribution in [0.5, 0.6) is 5.75 Å². The van der Waals surface area contributed by atoms with Gasteiger partial charge in [0.05, 0.1) is 19.3 Å². The molecule has 0 spiro atoms. The highest BCUT2D eigenvalue weighted by Gasteiger charge is 2.10. The number of likely N-dealkylation sites (N-methyl/N-ethyl adjacent to an activating group) is 1. The first kappa shape index (κ1) is 14.0. The number of primary amides is 1. The Morgan fingerprint density at radius 3 is 2.67 bits per heavy atom. The third kappa shape index (κ3) is 3.74. The van der Waals surface area contributed by atoms with Gasteiger partial charge < -0.3 is 21.1 Å². The molecule has 0 unspecified atom stereocenters. The molecule has 0 bridgehead atoms. The smallest absolute Gasteiger partial charge is 0.248 e. The zero-order valence-electron chi connectivity index (χ0n) is 10.4. The van der Waals surface area contributed by atoms with Crippen molar-refractivity contribution < 1.29 is 14.3 Å². The predicted octanol–water partition coefficient (Wildman–Crippen LogP) is 0.342. The van der Waals surface area contributed by atoms with Crippen molar-refractivity contribution >= 4 is 17.5 Å². The maximum absolute atomic E-state index is 11.6. The molecule has 0 radical (unpaired) electrons. The molecule has 0 fully saturated rings. The van der Waals surface area contributed by atoms with Gasteiger partial charge in [0.1, 0.15) is 5.75 Å². The molecule has 0 saturated carbocycles. The summed E-state index contributed by atoms with van der Waals surface area (Å²) in [5, 5.41) is 5.56. The molecule has 4 N–H and O–H groups in total. The SMILES string of the molecule is CCNCC(=O)Nc1cc(C(N)=O)ccc1OC. The third-order valence-electron chi connectivity index (χ3n) is 2.29. The van der Waals surface area contributed by atoms with Crippen LogP contribution >= 0.6 is 0 Å². The summed E-state index contributed by atoms with van der Waals surface area (Å²) in [5.41, 5.74) is 5.92. The zero-order chi connectivity index (χ0) is 13.5. The highest BCUT2D eigenvalue weighted by molar-refractivity contribution is 5.98. The minimum Gasteiger partial charge on any atom is -0.495 e. The second kappa shape index (κ2) is 6.61. The number of nitrogens with two attached hydrogens (primary N) is 1. The first-order chi connectivity index (χ1) is 8.58. The molecule has 0 heterocycles. The Hall–Kier alpha value is -2.08. The lowest BCUT2D eigenvalue weighted by molar-refractivity contribution is -0.115. The molecule has 0 atom stereocenters. The molecule has 98 valence electrons. The molecule has 0 aromatic heterocycles. The summed E-state index contributed by atoms with van der Waals surface area (Å²) in [6.45, 7) is 2.80. The number of carbonyl (C=O) groups excluding carboxylic acids is 2. The van der Waals surface area contributed by atoms with Gasteiger partial charge in [-0.2, -0.15) is 0 Å². The van der Waals surface area contributed by atoms with Crippen LogP contribution in [0.4, 0.5) is 5.69 Å². The molecule has 2 amide bonds. The Balaban J connectivity index is 2.87. The lowest BCUT2D eigenvalue weighted by atomic mass is 10.1. The van der Waals surface area contributed by atoms with Crippen LogP contribution in [-0.4, -0.2) is 32.0 Å². The van der Waals surface area contributed by atoms with Crippen molar-refractivity contribution in [3.8, 4) is 5.75 Å². The molecular weight excluding hydrogens is 234 g/mol. The van der Waals surface area contributed by atoms with Gasteiger partial charge >= 0.3 is 0 Å². The largest absolute Gasteiger partial charge is 0.495 e. The quantitative estimate of drug-likeness (QED) is 0.679. The summed E-state index contributed by atoms with van der Waals surface area (Å²) < 4.78 is 5.10. The van der Waals surface area contributed by atoms with Gasteiger partial charge in [-0.05, 0) is 24.7 Å². The highest BCUT2D eigenvalue weighted by Crippen LogP contribution is 2.25. The summed E-state index contributed by atoms with van der Waals surface area (Å²) in [5.74, 6) is -0.290. The minimum atomic E-state index is -0.556. The average Bonchev–Trinajstić information content (AvgIpc) is 2.36. The monoisotopic (exact) mass is 251 g/mol. The number of hydrogen-bond donors (Lipinski definition) is 3. The van der Waals surface area contributed by atoms with Gasteiger partial charge in [0, 0.05) is 5.56 Å². The fourth-order valence-corrected chi connectivity index (χ4v) is 1.39. The number of nitrogens with one attached hydrogen (secondary N) is 2. The maximum Gasteiger partial charge on any atom is 0.248 e. The van der Waals surface area contributed by atoms with Gasteiger partial charge in [-0.25, -0.2) is 0 Å². The standard InChI is InChI=1S/C12H17N3O3/c1-3-14-7-11(16)15-9-6-8(12(13)17)4-5-10(9)18-2/h4-6,14H,3,7H2,1-2H3,(H2,13,17)(H,15,16). The van der Waals surface area contributed by atoms with E-state index in [9.17, 15) is 9.59 Å². The van der Waals surface area contributed by atoms with Crippen molar-refractivity contribution in [1.82, 2.24) is 5.32 Å². The first-order valence-corrected chi connectivity index (χ1v) is 5.57. The van der Waals surface area contributed by atoms with Gasteiger partial charge in [-0.3, -0.25) is 9.59 Å². The van der Waals surface area contributed by atoms with Crippen molar-refractivity contribution in [2.45, 2.75) is 6.92 Å². The Bertz CT molecular complexity index is 446. The van der Waals surface area contributed by atoms with E-state index in [-0.39, 0.29) is 12.5 Å². The summed E-state index contributed by atoms with van der Waals surface area (Å²) in [6, 6.07) is 4.62. The fraction of sp³-hybridized carbons (Fsp3) is 0.333. The average molecular weight is 251 g/mol. The topological polar surface area (TPSA) is 93.5 Å². The van der Waals surface area contributed by atoms with Crippen molar-refractivity contribution in [3.05, 3.63) is 23.8 Å². The summed E-state index contributed by atoms with van der Waals surface area (Å²) in [7, 11) is 1.49. The molecule has 0 aliphatic rings. The van der Waals surface area contributed by atoms with Crippen LogP contribution in [0.1, 0.15) is 17.3 Å². The van der Waals surface area contributed by atoms with E-state index in [1.54, 1.807) is 12.1 Å². The Kier molecular flexibility index (Phi) is 5.13. The molecule has 1 aromatic rings. The normalized spacial score (nSPS) is 9.89. The Morgan fingerprint density at radius 1 is 1.39 bits per heavy atom. The van der Waals surface area contributed by atoms with E-state index < -0.39 is 5.91 Å². The van der Waals surface area contributed by atoms with Crippen LogP contribution in [0.3, 0.4) is 0 Å². The van der Waals surface area contributed by atoms with E-state index in [4.69, 9.17) is 10.5 Å². The van der Waals surface area contributed by atoms with Crippen LogP contribution in [0, 0.1) is 0 Å². The van der Waals surface area contributed by atoms with Gasteiger partial charge in [0.15, 0.2) is 0 Å². The zero-order valence-corrected chi connectivity index (χ0v) is 10.4. The molecule has 0 saturated heterocycles. The van der Waals surface area contributed by atoms with E-state index >= 15 is 0 Å². The van der Waals surface area contributed by atoms with E-state index in [1.807, 2.05) is 6.92 Å². The Labute approximate surface area is 105 Å². The highest BCUT2D eigenvalue weighted by atomic mass is 16.5. The van der Waals surface area contributed by atoms with Gasteiger partial charge in [0.2, 0.25) is 11.8 Å². The van der Waals surface area contributed by atoms with E-state index in [0.29, 0.717) is 23.5 Å². The van der Waals surface area contributed by atoms with Crippen LogP contribution in [-0.2, 0) is 4.79 Å². The molecule has 1 aromatic carbocycles. The molecule has 0 aliphatic carbocycles. The van der Waals surface area contributed by atoms with Crippen LogP contribution in [0.25, 0.3) is 0 Å². The molecule has 6 heteroatoms.